The molecule has 0 fully saturated rings. The third kappa shape index (κ3) is 4.25. The molecule has 1 amide bonds. The molecule has 0 aliphatic carbocycles. The van der Waals surface area contributed by atoms with Gasteiger partial charge in [-0.2, -0.15) is 0 Å². The van der Waals surface area contributed by atoms with E-state index in [4.69, 9.17) is 4.42 Å². The van der Waals surface area contributed by atoms with Crippen LogP contribution in [0.5, 0.6) is 0 Å². The Hall–Kier alpha value is -1.52. The molecule has 1 heterocycles. The summed E-state index contributed by atoms with van der Waals surface area (Å²) in [6.45, 7) is 3.20. The van der Waals surface area contributed by atoms with Crippen molar-refractivity contribution in [1.29, 1.82) is 0 Å². The van der Waals surface area contributed by atoms with Gasteiger partial charge in [0.2, 0.25) is 5.91 Å². The SMILES string of the molecule is CNCC(C)C(=O)NCCc1cc2ccccc2o1.Cl. The van der Waals surface area contributed by atoms with Crippen LogP contribution in [0, 0.1) is 5.92 Å². The minimum atomic E-state index is -0.0133. The number of carbonyl (C=O) groups excluding carboxylic acids is 1. The van der Waals surface area contributed by atoms with Crippen molar-refractivity contribution in [3.63, 3.8) is 0 Å². The zero-order chi connectivity index (χ0) is 13.7. The molecule has 110 valence electrons. The predicted octanol–water partition coefficient (Wildman–Crippen LogP) is 2.37. The summed E-state index contributed by atoms with van der Waals surface area (Å²) in [5.41, 5.74) is 0.896. The second-order valence-electron chi connectivity index (χ2n) is 4.75. The average Bonchev–Trinajstić information content (AvgIpc) is 2.81. The highest BCUT2D eigenvalue weighted by Crippen LogP contribution is 2.18. The lowest BCUT2D eigenvalue weighted by Crippen LogP contribution is -2.35. The monoisotopic (exact) mass is 296 g/mol. The number of fused-ring (bicyclic) bond motifs is 1. The molecular weight excluding hydrogens is 276 g/mol. The van der Waals surface area contributed by atoms with E-state index < -0.39 is 0 Å². The molecule has 0 saturated carbocycles. The fourth-order valence-corrected chi connectivity index (χ4v) is 2.04. The molecule has 4 nitrogen and oxygen atoms in total. The Morgan fingerprint density at radius 1 is 1.35 bits per heavy atom. The van der Waals surface area contributed by atoms with E-state index in [1.807, 2.05) is 44.3 Å². The van der Waals surface area contributed by atoms with Crippen LogP contribution in [0.4, 0.5) is 0 Å². The van der Waals surface area contributed by atoms with E-state index in [0.717, 1.165) is 16.7 Å². The van der Waals surface area contributed by atoms with Crippen molar-refractivity contribution in [3.05, 3.63) is 36.1 Å². The summed E-state index contributed by atoms with van der Waals surface area (Å²) in [6.07, 6.45) is 0.715. The van der Waals surface area contributed by atoms with Crippen molar-refractivity contribution in [2.24, 2.45) is 5.92 Å². The standard InChI is InChI=1S/C15H20N2O2.ClH/c1-11(10-16-2)15(18)17-8-7-13-9-12-5-3-4-6-14(12)19-13;/h3-6,9,11,16H,7-8,10H2,1-2H3,(H,17,18);1H. The van der Waals surface area contributed by atoms with Crippen LogP contribution in [0.3, 0.4) is 0 Å². The molecule has 20 heavy (non-hydrogen) atoms. The van der Waals surface area contributed by atoms with Gasteiger partial charge in [0.25, 0.3) is 0 Å². The summed E-state index contributed by atoms with van der Waals surface area (Å²) in [6, 6.07) is 9.94. The first-order chi connectivity index (χ1) is 9.20. The van der Waals surface area contributed by atoms with Crippen molar-refractivity contribution < 1.29 is 9.21 Å². The number of rotatable bonds is 6. The van der Waals surface area contributed by atoms with E-state index in [1.54, 1.807) is 0 Å². The van der Waals surface area contributed by atoms with Gasteiger partial charge in [-0.15, -0.1) is 12.4 Å². The minimum absolute atomic E-state index is 0. The Kier molecular flexibility index (Phi) is 6.55. The van der Waals surface area contributed by atoms with Crippen molar-refractivity contribution in [3.8, 4) is 0 Å². The maximum absolute atomic E-state index is 11.7. The number of amides is 1. The van der Waals surface area contributed by atoms with Crippen molar-refractivity contribution >= 4 is 29.3 Å². The van der Waals surface area contributed by atoms with Crippen LogP contribution in [-0.4, -0.2) is 26.0 Å². The van der Waals surface area contributed by atoms with Crippen LogP contribution in [0.1, 0.15) is 12.7 Å². The normalized spacial score (nSPS) is 11.9. The highest BCUT2D eigenvalue weighted by Gasteiger charge is 2.11. The van der Waals surface area contributed by atoms with E-state index in [1.165, 1.54) is 0 Å². The van der Waals surface area contributed by atoms with Crippen LogP contribution >= 0.6 is 12.4 Å². The summed E-state index contributed by atoms with van der Waals surface area (Å²) in [5.74, 6) is 0.967. The molecule has 5 heteroatoms. The number of halogens is 1. The summed E-state index contributed by atoms with van der Waals surface area (Å²) in [4.78, 5) is 11.7. The fraction of sp³-hybridized carbons (Fsp3) is 0.400. The van der Waals surface area contributed by atoms with Crippen LogP contribution in [-0.2, 0) is 11.2 Å². The quantitative estimate of drug-likeness (QED) is 0.860. The number of furan rings is 1. The molecule has 0 bridgehead atoms. The van der Waals surface area contributed by atoms with Crippen LogP contribution in [0.25, 0.3) is 11.0 Å². The molecule has 2 aromatic rings. The smallest absolute Gasteiger partial charge is 0.224 e. The molecule has 2 N–H and O–H groups in total. The molecule has 0 spiro atoms. The molecule has 1 atom stereocenters. The molecule has 0 saturated heterocycles. The first-order valence-electron chi connectivity index (χ1n) is 6.60. The van der Waals surface area contributed by atoms with Gasteiger partial charge in [0.1, 0.15) is 11.3 Å². The van der Waals surface area contributed by atoms with Crippen LogP contribution < -0.4 is 10.6 Å². The van der Waals surface area contributed by atoms with Gasteiger partial charge >= 0.3 is 0 Å². The summed E-state index contributed by atoms with van der Waals surface area (Å²) < 4.78 is 5.69. The Bertz CT molecular complexity index is 521. The van der Waals surface area contributed by atoms with E-state index in [-0.39, 0.29) is 24.2 Å². The average molecular weight is 297 g/mol. The van der Waals surface area contributed by atoms with Crippen molar-refractivity contribution in [2.45, 2.75) is 13.3 Å². The van der Waals surface area contributed by atoms with Gasteiger partial charge in [-0.3, -0.25) is 4.79 Å². The van der Waals surface area contributed by atoms with E-state index >= 15 is 0 Å². The third-order valence-electron chi connectivity index (χ3n) is 3.11. The number of carbonyl (C=O) groups is 1. The molecule has 2 rings (SSSR count). The minimum Gasteiger partial charge on any atom is -0.461 e. The number of benzene rings is 1. The first-order valence-corrected chi connectivity index (χ1v) is 6.60. The summed E-state index contributed by atoms with van der Waals surface area (Å²) in [5, 5.41) is 7.02. The van der Waals surface area contributed by atoms with Gasteiger partial charge in [0, 0.05) is 30.8 Å². The van der Waals surface area contributed by atoms with Gasteiger partial charge in [-0.05, 0) is 19.2 Å². The van der Waals surface area contributed by atoms with Crippen molar-refractivity contribution in [1.82, 2.24) is 10.6 Å². The molecule has 1 aromatic heterocycles. The van der Waals surface area contributed by atoms with E-state index in [9.17, 15) is 4.79 Å². The third-order valence-corrected chi connectivity index (χ3v) is 3.11. The highest BCUT2D eigenvalue weighted by molar-refractivity contribution is 5.85. The van der Waals surface area contributed by atoms with Crippen LogP contribution in [0.2, 0.25) is 0 Å². The van der Waals surface area contributed by atoms with E-state index in [0.29, 0.717) is 19.5 Å². The Morgan fingerprint density at radius 3 is 2.80 bits per heavy atom. The molecule has 0 radical (unpaired) electrons. The van der Waals surface area contributed by atoms with Gasteiger partial charge in [-0.1, -0.05) is 25.1 Å². The Morgan fingerprint density at radius 2 is 2.10 bits per heavy atom. The zero-order valence-electron chi connectivity index (χ0n) is 11.8. The number of hydrogen-bond acceptors (Lipinski definition) is 3. The summed E-state index contributed by atoms with van der Waals surface area (Å²) >= 11 is 0. The topological polar surface area (TPSA) is 54.3 Å². The fourth-order valence-electron chi connectivity index (χ4n) is 2.04. The number of nitrogens with one attached hydrogen (secondary N) is 2. The Balaban J connectivity index is 0.00000200. The Labute approximate surface area is 125 Å². The predicted molar refractivity (Wildman–Crippen MR) is 83.3 cm³/mol. The van der Waals surface area contributed by atoms with Gasteiger partial charge in [-0.25, -0.2) is 0 Å². The van der Waals surface area contributed by atoms with E-state index in [2.05, 4.69) is 10.6 Å². The second-order valence-corrected chi connectivity index (χ2v) is 4.75. The van der Waals surface area contributed by atoms with Gasteiger partial charge < -0.3 is 15.1 Å². The molecule has 1 unspecified atom stereocenters. The number of hydrogen-bond donors (Lipinski definition) is 2. The molecule has 0 aliphatic heterocycles. The van der Waals surface area contributed by atoms with Crippen LogP contribution in [0.15, 0.2) is 34.7 Å². The molecule has 0 aliphatic rings. The highest BCUT2D eigenvalue weighted by atomic mass is 35.5. The number of para-hydroxylation sites is 1. The molecular formula is C15H21ClN2O2. The first kappa shape index (κ1) is 16.5. The lowest BCUT2D eigenvalue weighted by molar-refractivity contribution is -0.124. The van der Waals surface area contributed by atoms with Gasteiger partial charge in [0.15, 0.2) is 0 Å². The van der Waals surface area contributed by atoms with Gasteiger partial charge in [0.05, 0.1) is 0 Å². The maximum Gasteiger partial charge on any atom is 0.224 e. The zero-order valence-corrected chi connectivity index (χ0v) is 12.6. The molecule has 1 aromatic carbocycles. The lowest BCUT2D eigenvalue weighted by atomic mass is 10.1. The summed E-state index contributed by atoms with van der Waals surface area (Å²) in [7, 11) is 1.85. The maximum atomic E-state index is 11.7. The second kappa shape index (κ2) is 7.92. The van der Waals surface area contributed by atoms with Crippen molar-refractivity contribution in [2.75, 3.05) is 20.1 Å². The largest absolute Gasteiger partial charge is 0.461 e. The lowest BCUT2D eigenvalue weighted by Gasteiger charge is -2.10.